The van der Waals surface area contributed by atoms with Crippen LogP contribution in [-0.4, -0.2) is 48.5 Å². The molecule has 1 aliphatic rings. The van der Waals surface area contributed by atoms with Crippen LogP contribution in [0.3, 0.4) is 0 Å². The van der Waals surface area contributed by atoms with Gasteiger partial charge in [0.25, 0.3) is 0 Å². The molecule has 0 aromatic heterocycles. The van der Waals surface area contributed by atoms with Crippen molar-refractivity contribution in [1.29, 1.82) is 0 Å². The predicted molar refractivity (Wildman–Crippen MR) is 75.0 cm³/mol. The van der Waals surface area contributed by atoms with Crippen molar-refractivity contribution in [1.82, 2.24) is 10.6 Å². The summed E-state index contributed by atoms with van der Waals surface area (Å²) in [5.41, 5.74) is 0. The normalized spacial score (nSPS) is 19.6. The molecule has 0 aliphatic heterocycles. The van der Waals surface area contributed by atoms with Crippen molar-refractivity contribution in [3.63, 3.8) is 0 Å². The molecule has 2 atom stereocenters. The zero-order chi connectivity index (χ0) is 14.3. The minimum Gasteiger partial charge on any atom is -0.389 e. The summed E-state index contributed by atoms with van der Waals surface area (Å²) in [5.74, 6) is -0.0427. The van der Waals surface area contributed by atoms with E-state index in [1.165, 1.54) is 12.8 Å². The molecule has 0 spiro atoms. The Labute approximate surface area is 116 Å². The smallest absolute Gasteiger partial charge is 0.237 e. The second-order valence-electron chi connectivity index (χ2n) is 5.69. The van der Waals surface area contributed by atoms with Crippen molar-refractivity contribution in [2.45, 2.75) is 70.7 Å². The number of hydrogen-bond acceptors (Lipinski definition) is 4. The summed E-state index contributed by atoms with van der Waals surface area (Å²) < 4.78 is 5.63. The van der Waals surface area contributed by atoms with E-state index in [1.54, 1.807) is 6.92 Å². The molecule has 5 nitrogen and oxygen atoms in total. The third-order valence-corrected chi connectivity index (χ3v) is 3.31. The van der Waals surface area contributed by atoms with E-state index in [9.17, 15) is 9.90 Å². The molecule has 0 aromatic rings. The molecule has 0 heterocycles. The van der Waals surface area contributed by atoms with Crippen molar-refractivity contribution in [3.8, 4) is 0 Å². The van der Waals surface area contributed by atoms with Crippen LogP contribution in [-0.2, 0) is 9.53 Å². The molecule has 0 aromatic carbocycles. The zero-order valence-electron chi connectivity index (χ0n) is 12.3. The highest BCUT2D eigenvalue weighted by atomic mass is 16.5. The molecule has 0 bridgehead atoms. The van der Waals surface area contributed by atoms with Gasteiger partial charge in [-0.2, -0.15) is 0 Å². The predicted octanol–water partition coefficient (Wildman–Crippen LogP) is 0.809. The molecule has 5 heteroatoms. The van der Waals surface area contributed by atoms with Crippen LogP contribution in [0.15, 0.2) is 0 Å². The summed E-state index contributed by atoms with van der Waals surface area (Å²) in [5, 5.41) is 15.7. The lowest BCUT2D eigenvalue weighted by molar-refractivity contribution is -0.123. The summed E-state index contributed by atoms with van der Waals surface area (Å²) in [6, 6.07) is -0.170. The van der Waals surface area contributed by atoms with Gasteiger partial charge < -0.3 is 20.5 Å². The van der Waals surface area contributed by atoms with Gasteiger partial charge in [-0.15, -0.1) is 0 Å². The molecule has 112 valence electrons. The second-order valence-corrected chi connectivity index (χ2v) is 5.69. The van der Waals surface area contributed by atoms with Crippen molar-refractivity contribution < 1.29 is 14.6 Å². The van der Waals surface area contributed by atoms with Crippen LogP contribution in [0.4, 0.5) is 0 Å². The lowest BCUT2D eigenvalue weighted by atomic mass is 10.2. The average molecular weight is 272 g/mol. The molecular weight excluding hydrogens is 244 g/mol. The largest absolute Gasteiger partial charge is 0.389 e. The Hall–Kier alpha value is -0.650. The number of hydrogen-bond donors (Lipinski definition) is 3. The molecule has 0 radical (unpaired) electrons. The fraction of sp³-hybridized carbons (Fsp3) is 0.929. The van der Waals surface area contributed by atoms with E-state index >= 15 is 0 Å². The first-order chi connectivity index (χ1) is 8.99. The maximum Gasteiger partial charge on any atom is 0.237 e. The fourth-order valence-electron chi connectivity index (χ4n) is 2.18. The Morgan fingerprint density at radius 2 is 1.95 bits per heavy atom. The lowest BCUT2D eigenvalue weighted by Gasteiger charge is -2.19. The van der Waals surface area contributed by atoms with Crippen molar-refractivity contribution in [2.75, 3.05) is 13.2 Å². The number of carbonyl (C=O) groups excluding carboxylic acids is 1. The van der Waals surface area contributed by atoms with Gasteiger partial charge in [-0.05, 0) is 33.6 Å². The third kappa shape index (κ3) is 6.89. The minimum atomic E-state index is -0.560. The maximum atomic E-state index is 11.6. The average Bonchev–Trinajstić information content (AvgIpc) is 2.85. The zero-order valence-corrected chi connectivity index (χ0v) is 12.3. The van der Waals surface area contributed by atoms with Gasteiger partial charge in [-0.1, -0.05) is 12.8 Å². The highest BCUT2D eigenvalue weighted by molar-refractivity contribution is 5.81. The molecule has 1 saturated carbocycles. The van der Waals surface area contributed by atoms with E-state index in [-0.39, 0.29) is 18.0 Å². The molecule has 19 heavy (non-hydrogen) atoms. The van der Waals surface area contributed by atoms with Gasteiger partial charge in [0.15, 0.2) is 0 Å². The third-order valence-electron chi connectivity index (χ3n) is 3.31. The standard InChI is InChI=1S/C14H28N2O3/c1-10(2)16-14(18)11(3)15-8-12(17)9-19-13-6-4-5-7-13/h10-13,15,17H,4-9H2,1-3H3,(H,16,18). The van der Waals surface area contributed by atoms with Gasteiger partial charge in [0.2, 0.25) is 5.91 Å². The quantitative estimate of drug-likeness (QED) is 0.611. The number of amides is 1. The van der Waals surface area contributed by atoms with Crippen LogP contribution >= 0.6 is 0 Å². The molecule has 1 rings (SSSR count). The topological polar surface area (TPSA) is 70.6 Å². The van der Waals surface area contributed by atoms with E-state index in [1.807, 2.05) is 13.8 Å². The number of ether oxygens (including phenoxy) is 1. The highest BCUT2D eigenvalue weighted by Gasteiger charge is 2.18. The second kappa shape index (κ2) is 8.51. The first-order valence-electron chi connectivity index (χ1n) is 7.32. The van der Waals surface area contributed by atoms with Gasteiger partial charge in [0, 0.05) is 12.6 Å². The summed E-state index contributed by atoms with van der Waals surface area (Å²) in [4.78, 5) is 11.6. The van der Waals surface area contributed by atoms with Crippen LogP contribution in [0.5, 0.6) is 0 Å². The maximum absolute atomic E-state index is 11.6. The minimum absolute atomic E-state index is 0.0427. The van der Waals surface area contributed by atoms with Gasteiger partial charge in [0.1, 0.15) is 0 Å². The van der Waals surface area contributed by atoms with E-state index in [0.717, 1.165) is 12.8 Å². The Bertz CT molecular complexity index is 265. The van der Waals surface area contributed by atoms with Crippen molar-refractivity contribution in [3.05, 3.63) is 0 Å². The Morgan fingerprint density at radius 3 is 2.53 bits per heavy atom. The van der Waals surface area contributed by atoms with Crippen LogP contribution in [0, 0.1) is 0 Å². The number of rotatable bonds is 8. The number of carbonyl (C=O) groups is 1. The Balaban J connectivity index is 2.10. The number of aliphatic hydroxyl groups excluding tert-OH is 1. The summed E-state index contributed by atoms with van der Waals surface area (Å²) in [6.45, 7) is 6.36. The van der Waals surface area contributed by atoms with Crippen molar-refractivity contribution >= 4 is 5.91 Å². The van der Waals surface area contributed by atoms with E-state index < -0.39 is 6.10 Å². The molecule has 3 N–H and O–H groups in total. The monoisotopic (exact) mass is 272 g/mol. The van der Waals surface area contributed by atoms with Gasteiger partial charge in [0.05, 0.1) is 24.9 Å². The van der Waals surface area contributed by atoms with E-state index in [4.69, 9.17) is 4.74 Å². The van der Waals surface area contributed by atoms with Gasteiger partial charge >= 0.3 is 0 Å². The van der Waals surface area contributed by atoms with Gasteiger partial charge in [-0.25, -0.2) is 0 Å². The number of aliphatic hydroxyl groups is 1. The molecule has 1 amide bonds. The van der Waals surface area contributed by atoms with Crippen LogP contribution in [0.1, 0.15) is 46.5 Å². The van der Waals surface area contributed by atoms with E-state index in [0.29, 0.717) is 19.3 Å². The molecule has 1 aliphatic carbocycles. The Morgan fingerprint density at radius 1 is 1.32 bits per heavy atom. The van der Waals surface area contributed by atoms with Gasteiger partial charge in [-0.3, -0.25) is 4.79 Å². The molecular formula is C14H28N2O3. The summed E-state index contributed by atoms with van der Waals surface area (Å²) >= 11 is 0. The first kappa shape index (κ1) is 16.4. The highest BCUT2D eigenvalue weighted by Crippen LogP contribution is 2.20. The molecule has 1 fully saturated rings. The summed E-state index contributed by atoms with van der Waals surface area (Å²) in [7, 11) is 0. The van der Waals surface area contributed by atoms with Crippen LogP contribution in [0.25, 0.3) is 0 Å². The van der Waals surface area contributed by atoms with Crippen LogP contribution < -0.4 is 10.6 Å². The fourth-order valence-corrected chi connectivity index (χ4v) is 2.18. The van der Waals surface area contributed by atoms with E-state index in [2.05, 4.69) is 10.6 Å². The Kier molecular flexibility index (Phi) is 7.34. The molecule has 2 unspecified atom stereocenters. The first-order valence-corrected chi connectivity index (χ1v) is 7.32. The van der Waals surface area contributed by atoms with Crippen molar-refractivity contribution in [2.24, 2.45) is 0 Å². The lowest BCUT2D eigenvalue weighted by Crippen LogP contribution is -2.47. The molecule has 0 saturated heterocycles. The van der Waals surface area contributed by atoms with Crippen LogP contribution in [0.2, 0.25) is 0 Å². The summed E-state index contributed by atoms with van der Waals surface area (Å²) in [6.07, 6.45) is 4.42. The number of nitrogens with one attached hydrogen (secondary N) is 2. The SMILES string of the molecule is CC(C)NC(=O)C(C)NCC(O)COC1CCCC1.